The van der Waals surface area contributed by atoms with Crippen LogP contribution in [0.1, 0.15) is 24.4 Å². The molecular formula is C20H26FN3O3. The fourth-order valence-electron chi connectivity index (χ4n) is 4.84. The summed E-state index contributed by atoms with van der Waals surface area (Å²) in [5.41, 5.74) is 0.783. The zero-order valence-corrected chi connectivity index (χ0v) is 15.7. The monoisotopic (exact) mass is 375 g/mol. The lowest BCUT2D eigenvalue weighted by molar-refractivity contribution is -0.141. The maximum atomic E-state index is 13.8. The highest BCUT2D eigenvalue weighted by Crippen LogP contribution is 2.46. The summed E-state index contributed by atoms with van der Waals surface area (Å²) in [6, 6.07) is 6.11. The van der Waals surface area contributed by atoms with E-state index in [0.717, 1.165) is 5.56 Å². The maximum absolute atomic E-state index is 13.8. The number of urea groups is 1. The van der Waals surface area contributed by atoms with Crippen LogP contribution in [0.2, 0.25) is 0 Å². The molecule has 27 heavy (non-hydrogen) atoms. The van der Waals surface area contributed by atoms with Gasteiger partial charge in [0.15, 0.2) is 0 Å². The molecular weight excluding hydrogens is 349 g/mol. The Morgan fingerprint density at radius 3 is 2.56 bits per heavy atom. The van der Waals surface area contributed by atoms with Crippen molar-refractivity contribution in [2.45, 2.75) is 25.0 Å². The molecule has 1 saturated carbocycles. The molecule has 3 amide bonds. The molecule has 3 fully saturated rings. The zero-order chi connectivity index (χ0) is 19.3. The standard InChI is InChI=1S/C20H26FN3O3/c1-22(2)20(27)24-10-14-9-23(19(26)13-7-16(25)8-13)11-17(14)18(24)12-4-3-5-15(21)6-12/h3-6,13-14,16-18,25H,7-11H2,1-2H3/t13?,14-,16?,17-,18-/m1/s1. The molecule has 3 aliphatic rings. The number of benzene rings is 1. The third-order valence-electron chi connectivity index (χ3n) is 6.26. The van der Waals surface area contributed by atoms with E-state index in [9.17, 15) is 19.1 Å². The molecule has 4 rings (SSSR count). The highest BCUT2D eigenvalue weighted by atomic mass is 19.1. The van der Waals surface area contributed by atoms with Crippen LogP contribution < -0.4 is 0 Å². The van der Waals surface area contributed by atoms with Gasteiger partial charge in [-0.05, 0) is 30.5 Å². The highest BCUT2D eigenvalue weighted by molar-refractivity contribution is 5.80. The molecule has 1 aromatic carbocycles. The fourth-order valence-corrected chi connectivity index (χ4v) is 4.84. The highest BCUT2D eigenvalue weighted by Gasteiger charge is 2.51. The molecule has 0 aromatic heterocycles. The molecule has 6 nitrogen and oxygen atoms in total. The first-order valence-corrected chi connectivity index (χ1v) is 9.55. The lowest BCUT2D eigenvalue weighted by Gasteiger charge is -2.35. The van der Waals surface area contributed by atoms with Gasteiger partial charge in [0.1, 0.15) is 5.82 Å². The molecule has 1 N–H and O–H groups in total. The average molecular weight is 375 g/mol. The van der Waals surface area contributed by atoms with Gasteiger partial charge in [0.2, 0.25) is 5.91 Å². The summed E-state index contributed by atoms with van der Waals surface area (Å²) >= 11 is 0. The zero-order valence-electron chi connectivity index (χ0n) is 15.7. The summed E-state index contributed by atoms with van der Waals surface area (Å²) in [6.45, 7) is 1.77. The quantitative estimate of drug-likeness (QED) is 0.856. The van der Waals surface area contributed by atoms with Gasteiger partial charge in [-0.15, -0.1) is 0 Å². The number of aliphatic hydroxyl groups is 1. The van der Waals surface area contributed by atoms with Gasteiger partial charge < -0.3 is 19.8 Å². The lowest BCUT2D eigenvalue weighted by atomic mass is 9.81. The van der Waals surface area contributed by atoms with Crippen LogP contribution >= 0.6 is 0 Å². The van der Waals surface area contributed by atoms with E-state index in [1.54, 1.807) is 25.1 Å². The van der Waals surface area contributed by atoms with Gasteiger partial charge in [-0.3, -0.25) is 4.79 Å². The third-order valence-corrected chi connectivity index (χ3v) is 6.26. The van der Waals surface area contributed by atoms with Crippen molar-refractivity contribution in [3.8, 4) is 0 Å². The van der Waals surface area contributed by atoms with E-state index in [2.05, 4.69) is 0 Å². The van der Waals surface area contributed by atoms with E-state index in [0.29, 0.717) is 32.5 Å². The first-order chi connectivity index (χ1) is 12.8. The molecule has 2 heterocycles. The topological polar surface area (TPSA) is 64.1 Å². The SMILES string of the molecule is CN(C)C(=O)N1C[C@H]2CN(C(=O)C3CC(O)C3)C[C@H]2[C@H]1c1cccc(F)c1. The van der Waals surface area contributed by atoms with Gasteiger partial charge >= 0.3 is 6.03 Å². The van der Waals surface area contributed by atoms with E-state index in [1.807, 2.05) is 15.9 Å². The number of aliphatic hydroxyl groups excluding tert-OH is 1. The number of amides is 3. The summed E-state index contributed by atoms with van der Waals surface area (Å²) in [5, 5.41) is 9.48. The van der Waals surface area contributed by atoms with Crippen LogP contribution in [0.3, 0.4) is 0 Å². The predicted octanol–water partition coefficient (Wildman–Crippen LogP) is 1.71. The lowest BCUT2D eigenvalue weighted by Crippen LogP contribution is -2.45. The Morgan fingerprint density at radius 1 is 1.19 bits per heavy atom. The molecule has 146 valence electrons. The molecule has 0 spiro atoms. The number of hydrogen-bond acceptors (Lipinski definition) is 3. The Bertz CT molecular complexity index is 750. The summed E-state index contributed by atoms with van der Waals surface area (Å²) in [7, 11) is 3.44. The van der Waals surface area contributed by atoms with Crippen molar-refractivity contribution >= 4 is 11.9 Å². The number of rotatable bonds is 2. The van der Waals surface area contributed by atoms with Crippen molar-refractivity contribution in [1.82, 2.24) is 14.7 Å². The van der Waals surface area contributed by atoms with Crippen LogP contribution in [0, 0.1) is 23.6 Å². The van der Waals surface area contributed by atoms with Crippen LogP contribution in [0.5, 0.6) is 0 Å². The van der Waals surface area contributed by atoms with E-state index in [4.69, 9.17) is 0 Å². The Morgan fingerprint density at radius 2 is 1.93 bits per heavy atom. The van der Waals surface area contributed by atoms with E-state index < -0.39 is 0 Å². The third kappa shape index (κ3) is 3.18. The summed E-state index contributed by atoms with van der Waals surface area (Å²) in [4.78, 5) is 30.7. The number of likely N-dealkylation sites (tertiary alicyclic amines) is 2. The molecule has 0 unspecified atom stereocenters. The molecule has 1 aliphatic carbocycles. The molecule has 0 bridgehead atoms. The summed E-state index contributed by atoms with van der Waals surface area (Å²) < 4.78 is 13.8. The number of carbonyl (C=O) groups excluding carboxylic acids is 2. The first kappa shape index (κ1) is 18.2. The first-order valence-electron chi connectivity index (χ1n) is 9.55. The maximum Gasteiger partial charge on any atom is 0.320 e. The normalized spacial score (nSPS) is 32.2. The van der Waals surface area contributed by atoms with Gasteiger partial charge in [0, 0.05) is 51.5 Å². The van der Waals surface area contributed by atoms with Crippen molar-refractivity contribution in [2.24, 2.45) is 17.8 Å². The number of halogens is 1. The van der Waals surface area contributed by atoms with Gasteiger partial charge in [0.25, 0.3) is 0 Å². The Kier molecular flexibility index (Phi) is 4.58. The van der Waals surface area contributed by atoms with Crippen molar-refractivity contribution in [3.05, 3.63) is 35.6 Å². The van der Waals surface area contributed by atoms with Gasteiger partial charge in [-0.2, -0.15) is 0 Å². The summed E-state index contributed by atoms with van der Waals surface area (Å²) in [5.74, 6) is 0.00693. The molecule has 2 saturated heterocycles. The number of carbonyl (C=O) groups is 2. The van der Waals surface area contributed by atoms with Gasteiger partial charge in [0.05, 0.1) is 12.1 Å². The predicted molar refractivity (Wildman–Crippen MR) is 97.2 cm³/mol. The van der Waals surface area contributed by atoms with E-state index >= 15 is 0 Å². The number of hydrogen-bond donors (Lipinski definition) is 1. The fraction of sp³-hybridized carbons (Fsp3) is 0.600. The largest absolute Gasteiger partial charge is 0.393 e. The van der Waals surface area contributed by atoms with Crippen molar-refractivity contribution < 1.29 is 19.1 Å². The van der Waals surface area contributed by atoms with Crippen molar-refractivity contribution in [2.75, 3.05) is 33.7 Å². The molecule has 3 atom stereocenters. The Labute approximate surface area is 158 Å². The minimum absolute atomic E-state index is 0.0778. The second-order valence-corrected chi connectivity index (χ2v) is 8.32. The van der Waals surface area contributed by atoms with Crippen LogP contribution in [-0.4, -0.2) is 71.6 Å². The van der Waals surface area contributed by atoms with E-state index in [1.165, 1.54) is 12.1 Å². The van der Waals surface area contributed by atoms with Crippen LogP contribution in [0.25, 0.3) is 0 Å². The second-order valence-electron chi connectivity index (χ2n) is 8.32. The van der Waals surface area contributed by atoms with Gasteiger partial charge in [-0.1, -0.05) is 12.1 Å². The Hall–Kier alpha value is -2.15. The van der Waals surface area contributed by atoms with Crippen LogP contribution in [0.4, 0.5) is 9.18 Å². The van der Waals surface area contributed by atoms with Gasteiger partial charge in [-0.25, -0.2) is 9.18 Å². The number of nitrogens with zero attached hydrogens (tertiary/aromatic N) is 3. The van der Waals surface area contributed by atoms with Crippen molar-refractivity contribution in [3.63, 3.8) is 0 Å². The second kappa shape index (κ2) is 6.78. The van der Waals surface area contributed by atoms with Crippen molar-refractivity contribution in [1.29, 1.82) is 0 Å². The molecule has 7 heteroatoms. The van der Waals surface area contributed by atoms with Crippen LogP contribution in [-0.2, 0) is 4.79 Å². The molecule has 0 radical (unpaired) electrons. The molecule has 2 aliphatic heterocycles. The average Bonchev–Trinajstić information content (AvgIpc) is 3.15. The molecule has 1 aromatic rings. The van der Waals surface area contributed by atoms with Crippen LogP contribution in [0.15, 0.2) is 24.3 Å². The summed E-state index contributed by atoms with van der Waals surface area (Å²) in [6.07, 6.45) is 0.737. The Balaban J connectivity index is 1.57. The minimum Gasteiger partial charge on any atom is -0.393 e. The van der Waals surface area contributed by atoms with E-state index in [-0.39, 0.29) is 47.7 Å². The smallest absolute Gasteiger partial charge is 0.320 e. The number of fused-ring (bicyclic) bond motifs is 1. The minimum atomic E-state index is -0.353.